The zero-order valence-electron chi connectivity index (χ0n) is 30.7. The molecule has 4 nitrogen and oxygen atoms in total. The summed E-state index contributed by atoms with van der Waals surface area (Å²) < 4.78 is 50.1. The van der Waals surface area contributed by atoms with E-state index in [9.17, 15) is 22.8 Å². The van der Waals surface area contributed by atoms with Crippen LogP contribution in [0.4, 0.5) is 13.2 Å². The molecular formula is C44H57F3O4. The van der Waals surface area contributed by atoms with Gasteiger partial charge in [-0.2, -0.15) is 13.2 Å². The molecule has 0 fully saturated rings. The van der Waals surface area contributed by atoms with Crippen LogP contribution >= 0.6 is 0 Å². The zero-order chi connectivity index (χ0) is 36.7. The highest BCUT2D eigenvalue weighted by molar-refractivity contribution is 5.91. The lowest BCUT2D eigenvalue weighted by Gasteiger charge is -2.19. The van der Waals surface area contributed by atoms with Gasteiger partial charge in [0.25, 0.3) is 0 Å². The van der Waals surface area contributed by atoms with Crippen molar-refractivity contribution in [2.75, 3.05) is 0 Å². The summed E-state index contributed by atoms with van der Waals surface area (Å²) in [5, 5.41) is 0. The van der Waals surface area contributed by atoms with Crippen LogP contribution in [0.5, 0.6) is 5.75 Å². The van der Waals surface area contributed by atoms with Crippen molar-refractivity contribution in [3.05, 3.63) is 95.6 Å². The van der Waals surface area contributed by atoms with Gasteiger partial charge in [-0.3, -0.25) is 0 Å². The Balaban J connectivity index is 1.38. The molecule has 0 aliphatic rings. The van der Waals surface area contributed by atoms with Gasteiger partial charge in [-0.1, -0.05) is 152 Å². The maximum Gasteiger partial charge on any atom is 0.425 e. The third-order valence-corrected chi connectivity index (χ3v) is 9.17. The fourth-order valence-corrected chi connectivity index (χ4v) is 6.04. The normalized spacial score (nSPS) is 12.3. The van der Waals surface area contributed by atoms with Crippen molar-refractivity contribution in [2.45, 2.75) is 142 Å². The molecule has 0 heterocycles. The van der Waals surface area contributed by atoms with Gasteiger partial charge in [0, 0.05) is 6.08 Å². The van der Waals surface area contributed by atoms with Crippen LogP contribution in [-0.2, 0) is 16.0 Å². The molecule has 0 spiro atoms. The van der Waals surface area contributed by atoms with Gasteiger partial charge in [-0.05, 0) is 78.3 Å². The topological polar surface area (TPSA) is 52.6 Å². The molecule has 51 heavy (non-hydrogen) atoms. The van der Waals surface area contributed by atoms with Gasteiger partial charge in [0.1, 0.15) is 5.75 Å². The number of alkyl halides is 3. The smallest absolute Gasteiger partial charge is 0.425 e. The number of hydrogen-bond donors (Lipinski definition) is 0. The zero-order valence-corrected chi connectivity index (χ0v) is 30.7. The second kappa shape index (κ2) is 23.6. The minimum Gasteiger partial charge on any atom is -0.450 e. The lowest BCUT2D eigenvalue weighted by atomic mass is 10.00. The first-order chi connectivity index (χ1) is 24.7. The second-order valence-corrected chi connectivity index (χ2v) is 13.5. The van der Waals surface area contributed by atoms with Crippen molar-refractivity contribution in [3.8, 4) is 16.9 Å². The highest BCUT2D eigenvalue weighted by Gasteiger charge is 2.42. The lowest BCUT2D eigenvalue weighted by molar-refractivity contribution is -0.220. The van der Waals surface area contributed by atoms with E-state index in [1.807, 2.05) is 19.1 Å². The number of hydrogen-bond acceptors (Lipinski definition) is 4. The van der Waals surface area contributed by atoms with Crippen molar-refractivity contribution >= 4 is 18.0 Å². The second-order valence-electron chi connectivity index (χ2n) is 13.5. The summed E-state index contributed by atoms with van der Waals surface area (Å²) in [6.07, 6.45) is 15.4. The van der Waals surface area contributed by atoms with Gasteiger partial charge in [0.15, 0.2) is 6.10 Å². The van der Waals surface area contributed by atoms with E-state index in [-0.39, 0.29) is 6.42 Å². The average Bonchev–Trinajstić information content (AvgIpc) is 3.13. The number of aryl methyl sites for hydroxylation is 1. The molecule has 278 valence electrons. The van der Waals surface area contributed by atoms with E-state index in [0.717, 1.165) is 36.5 Å². The molecule has 7 heteroatoms. The van der Waals surface area contributed by atoms with Crippen LogP contribution < -0.4 is 4.74 Å². The summed E-state index contributed by atoms with van der Waals surface area (Å²) in [6.45, 7) is 4.24. The fraction of sp³-hybridized carbons (Fsp3) is 0.500. The minimum absolute atomic E-state index is 0.251. The van der Waals surface area contributed by atoms with Crippen LogP contribution in [0, 0.1) is 0 Å². The number of esters is 2. The summed E-state index contributed by atoms with van der Waals surface area (Å²) in [7, 11) is 0. The Morgan fingerprint density at radius 1 is 0.627 bits per heavy atom. The predicted octanol–water partition coefficient (Wildman–Crippen LogP) is 13.3. The van der Waals surface area contributed by atoms with Gasteiger partial charge in [-0.15, -0.1) is 0 Å². The average molecular weight is 707 g/mol. The Morgan fingerprint density at radius 3 is 1.65 bits per heavy atom. The fourth-order valence-electron chi connectivity index (χ4n) is 6.04. The molecule has 0 saturated heterocycles. The van der Waals surface area contributed by atoms with E-state index in [4.69, 9.17) is 9.47 Å². The Labute approximate surface area is 303 Å². The summed E-state index contributed by atoms with van der Waals surface area (Å²) in [5.74, 6) is -1.27. The van der Waals surface area contributed by atoms with Crippen LogP contribution in [0.15, 0.2) is 78.9 Å². The van der Waals surface area contributed by atoms with E-state index in [0.29, 0.717) is 29.7 Å². The highest BCUT2D eigenvalue weighted by atomic mass is 19.4. The van der Waals surface area contributed by atoms with Gasteiger partial charge in [0.05, 0.1) is 5.56 Å². The molecule has 0 unspecified atom stereocenters. The minimum atomic E-state index is -4.61. The Morgan fingerprint density at radius 2 is 1.12 bits per heavy atom. The van der Waals surface area contributed by atoms with Crippen molar-refractivity contribution < 1.29 is 32.2 Å². The Bertz CT molecular complexity index is 1430. The standard InChI is InChI=1S/C44H57F3O4/c1-3-5-7-9-10-11-12-13-14-15-16-17-19-35-21-26-37(27-22-35)38-28-30-39(31-29-38)43(49)50-40-32-23-36(24-33-40)25-34-42(48)51-41(44(45,46)47)20-18-8-6-4-2/h21-34,41H,3-20H2,1-2H3/t41-/m1/s1. The molecule has 0 aliphatic carbocycles. The van der Waals surface area contributed by atoms with Crippen LogP contribution in [0.25, 0.3) is 17.2 Å². The lowest BCUT2D eigenvalue weighted by Crippen LogP contribution is -2.33. The number of unbranched alkanes of at least 4 members (excludes halogenated alkanes) is 14. The molecule has 0 amide bonds. The first-order valence-corrected chi connectivity index (χ1v) is 19.2. The van der Waals surface area contributed by atoms with Gasteiger partial charge >= 0.3 is 18.1 Å². The number of halogens is 3. The highest BCUT2D eigenvalue weighted by Crippen LogP contribution is 2.28. The Kier molecular flexibility index (Phi) is 19.2. The van der Waals surface area contributed by atoms with Gasteiger partial charge < -0.3 is 9.47 Å². The van der Waals surface area contributed by atoms with E-state index >= 15 is 0 Å². The van der Waals surface area contributed by atoms with Gasteiger partial charge in [-0.25, -0.2) is 9.59 Å². The molecular weight excluding hydrogens is 649 g/mol. The number of ether oxygens (including phenoxy) is 2. The molecule has 0 aliphatic heterocycles. The van der Waals surface area contributed by atoms with Crippen LogP contribution in [0.1, 0.15) is 144 Å². The quantitative estimate of drug-likeness (QED) is 0.0403. The summed E-state index contributed by atoms with van der Waals surface area (Å²) in [5.41, 5.74) is 4.39. The first kappa shape index (κ1) is 41.5. The van der Waals surface area contributed by atoms with E-state index in [1.165, 1.54) is 88.7 Å². The number of carbonyl (C=O) groups is 2. The molecule has 0 saturated carbocycles. The number of rotatable bonds is 24. The number of benzene rings is 3. The monoisotopic (exact) mass is 706 g/mol. The third-order valence-electron chi connectivity index (χ3n) is 9.17. The Hall–Kier alpha value is -3.87. The van der Waals surface area contributed by atoms with Crippen LogP contribution in [-0.4, -0.2) is 24.2 Å². The van der Waals surface area contributed by atoms with E-state index in [1.54, 1.807) is 36.4 Å². The van der Waals surface area contributed by atoms with Gasteiger partial charge in [0.2, 0.25) is 0 Å². The molecule has 0 aromatic heterocycles. The van der Waals surface area contributed by atoms with Crippen molar-refractivity contribution in [3.63, 3.8) is 0 Å². The van der Waals surface area contributed by atoms with Crippen molar-refractivity contribution in [2.24, 2.45) is 0 Å². The molecule has 0 bridgehead atoms. The van der Waals surface area contributed by atoms with Crippen LogP contribution in [0.2, 0.25) is 0 Å². The molecule has 3 aromatic carbocycles. The molecule has 1 atom stereocenters. The van der Waals surface area contributed by atoms with Crippen molar-refractivity contribution in [1.82, 2.24) is 0 Å². The number of carbonyl (C=O) groups excluding carboxylic acids is 2. The van der Waals surface area contributed by atoms with Crippen LogP contribution in [0.3, 0.4) is 0 Å². The summed E-state index contributed by atoms with van der Waals surface area (Å²) in [4.78, 5) is 24.9. The predicted molar refractivity (Wildman–Crippen MR) is 202 cm³/mol. The SMILES string of the molecule is CCCCCCCCCCCCCCc1ccc(-c2ccc(C(=O)Oc3ccc(C=CC(=O)O[C@H](CCCCCC)C(F)(F)F)cc3)cc2)cc1. The molecule has 0 N–H and O–H groups in total. The van der Waals surface area contributed by atoms with E-state index < -0.39 is 24.2 Å². The first-order valence-electron chi connectivity index (χ1n) is 19.2. The summed E-state index contributed by atoms with van der Waals surface area (Å²) in [6, 6.07) is 22.2. The molecule has 3 rings (SSSR count). The van der Waals surface area contributed by atoms with Crippen molar-refractivity contribution in [1.29, 1.82) is 0 Å². The summed E-state index contributed by atoms with van der Waals surface area (Å²) >= 11 is 0. The molecule has 0 radical (unpaired) electrons. The molecule has 3 aromatic rings. The maximum atomic E-state index is 13.3. The maximum absolute atomic E-state index is 13.3. The third kappa shape index (κ3) is 16.8. The largest absolute Gasteiger partial charge is 0.450 e. The van der Waals surface area contributed by atoms with E-state index in [2.05, 4.69) is 31.2 Å².